The Morgan fingerprint density at radius 2 is 1.91 bits per heavy atom. The minimum atomic E-state index is -0.181. The average Bonchev–Trinajstić information content (AvgIpc) is 3.28. The van der Waals surface area contributed by atoms with Crippen LogP contribution in [0.15, 0.2) is 47.0 Å². The number of methoxy groups -OCH3 is 2. The fourth-order valence-electron chi connectivity index (χ4n) is 3.18. The fraction of sp³-hybridized carbons (Fsp3) is 0.375. The SMILES string of the molecule is COCCOc1ccc(C(C)NC(=O)CCCc2nc(-c3ccc(Cl)cc3)no2)cc1OC. The second-order valence-electron chi connectivity index (χ2n) is 7.41. The molecule has 0 saturated heterocycles. The van der Waals surface area contributed by atoms with Crippen molar-refractivity contribution in [3.05, 3.63) is 58.9 Å². The van der Waals surface area contributed by atoms with Gasteiger partial charge in [-0.05, 0) is 55.3 Å². The van der Waals surface area contributed by atoms with Crippen LogP contribution >= 0.6 is 11.6 Å². The number of aryl methyl sites for hydroxylation is 1. The van der Waals surface area contributed by atoms with Crippen molar-refractivity contribution in [2.45, 2.75) is 32.2 Å². The van der Waals surface area contributed by atoms with E-state index in [1.165, 1.54) is 0 Å². The zero-order valence-corrected chi connectivity index (χ0v) is 19.7. The molecule has 0 aliphatic rings. The van der Waals surface area contributed by atoms with E-state index in [1.807, 2.05) is 37.3 Å². The second-order valence-corrected chi connectivity index (χ2v) is 7.85. The molecule has 0 aliphatic carbocycles. The van der Waals surface area contributed by atoms with Gasteiger partial charge in [0.2, 0.25) is 17.6 Å². The summed E-state index contributed by atoms with van der Waals surface area (Å²) >= 11 is 5.90. The summed E-state index contributed by atoms with van der Waals surface area (Å²) in [5.41, 5.74) is 1.75. The maximum absolute atomic E-state index is 12.4. The molecule has 3 rings (SSSR count). The van der Waals surface area contributed by atoms with E-state index in [0.29, 0.717) is 60.7 Å². The third-order valence-corrected chi connectivity index (χ3v) is 5.23. The number of benzene rings is 2. The van der Waals surface area contributed by atoms with Gasteiger partial charge in [0.15, 0.2) is 11.5 Å². The Balaban J connectivity index is 1.47. The Bertz CT molecular complexity index is 1040. The van der Waals surface area contributed by atoms with Crippen LogP contribution < -0.4 is 14.8 Å². The number of carbonyl (C=O) groups is 1. The number of halogens is 1. The lowest BCUT2D eigenvalue weighted by Gasteiger charge is -2.17. The summed E-state index contributed by atoms with van der Waals surface area (Å²) < 4.78 is 21.4. The quantitative estimate of drug-likeness (QED) is 0.383. The van der Waals surface area contributed by atoms with Crippen LogP contribution in [0.25, 0.3) is 11.4 Å². The van der Waals surface area contributed by atoms with Crippen molar-refractivity contribution in [2.75, 3.05) is 27.4 Å². The number of nitrogens with zero attached hydrogens (tertiary/aromatic N) is 2. The molecule has 0 saturated carbocycles. The van der Waals surface area contributed by atoms with Crippen LogP contribution in [0.2, 0.25) is 5.02 Å². The largest absolute Gasteiger partial charge is 0.493 e. The summed E-state index contributed by atoms with van der Waals surface area (Å²) in [6.07, 6.45) is 1.46. The zero-order chi connectivity index (χ0) is 23.6. The lowest BCUT2D eigenvalue weighted by atomic mass is 10.1. The standard InChI is InChI=1S/C24H28ClN3O5/c1-16(18-9-12-20(21(15-18)31-3)32-14-13-30-2)26-22(29)5-4-6-23-27-24(28-33-23)17-7-10-19(25)11-8-17/h7-12,15-16H,4-6,13-14H2,1-3H3,(H,26,29). The third kappa shape index (κ3) is 7.20. The summed E-state index contributed by atoms with van der Waals surface area (Å²) in [5, 5.41) is 7.64. The number of aromatic nitrogens is 2. The molecule has 1 heterocycles. The van der Waals surface area contributed by atoms with Crippen LogP contribution in [-0.4, -0.2) is 43.5 Å². The Kier molecular flexibility index (Phi) is 9.09. The van der Waals surface area contributed by atoms with Crippen LogP contribution in [0.3, 0.4) is 0 Å². The molecule has 1 amide bonds. The van der Waals surface area contributed by atoms with Gasteiger partial charge in [-0.2, -0.15) is 4.98 Å². The summed E-state index contributed by atoms with van der Waals surface area (Å²) in [4.78, 5) is 16.8. The van der Waals surface area contributed by atoms with Gasteiger partial charge in [0.1, 0.15) is 6.61 Å². The average molecular weight is 474 g/mol. The monoisotopic (exact) mass is 473 g/mol. The van der Waals surface area contributed by atoms with Crippen molar-refractivity contribution >= 4 is 17.5 Å². The summed E-state index contributed by atoms with van der Waals surface area (Å²) in [6, 6.07) is 12.6. The third-order valence-electron chi connectivity index (χ3n) is 4.98. The maximum atomic E-state index is 12.4. The van der Waals surface area contributed by atoms with E-state index >= 15 is 0 Å². The highest BCUT2D eigenvalue weighted by molar-refractivity contribution is 6.30. The molecule has 0 bridgehead atoms. The van der Waals surface area contributed by atoms with Gasteiger partial charge in [-0.1, -0.05) is 22.8 Å². The van der Waals surface area contributed by atoms with E-state index in [0.717, 1.165) is 11.1 Å². The van der Waals surface area contributed by atoms with Crippen molar-refractivity contribution in [3.63, 3.8) is 0 Å². The molecular weight excluding hydrogens is 446 g/mol. The highest BCUT2D eigenvalue weighted by atomic mass is 35.5. The van der Waals surface area contributed by atoms with Crippen molar-refractivity contribution in [3.8, 4) is 22.9 Å². The zero-order valence-electron chi connectivity index (χ0n) is 19.0. The number of amides is 1. The number of hydrogen-bond acceptors (Lipinski definition) is 7. The first-order valence-electron chi connectivity index (χ1n) is 10.7. The van der Waals surface area contributed by atoms with Gasteiger partial charge in [-0.15, -0.1) is 0 Å². The Labute approximate surface area is 198 Å². The summed E-state index contributed by atoms with van der Waals surface area (Å²) in [5.74, 6) is 2.18. The van der Waals surface area contributed by atoms with Crippen LogP contribution in [-0.2, 0) is 16.0 Å². The predicted octanol–water partition coefficient (Wildman–Crippen LogP) is 4.62. The summed E-state index contributed by atoms with van der Waals surface area (Å²) in [6.45, 7) is 2.84. The van der Waals surface area contributed by atoms with Crippen LogP contribution in [0.5, 0.6) is 11.5 Å². The highest BCUT2D eigenvalue weighted by Crippen LogP contribution is 2.30. The highest BCUT2D eigenvalue weighted by Gasteiger charge is 2.14. The Morgan fingerprint density at radius 3 is 2.64 bits per heavy atom. The number of rotatable bonds is 12. The van der Waals surface area contributed by atoms with Gasteiger partial charge in [0.25, 0.3) is 0 Å². The molecule has 0 fully saturated rings. The maximum Gasteiger partial charge on any atom is 0.226 e. The minimum Gasteiger partial charge on any atom is -0.493 e. The lowest BCUT2D eigenvalue weighted by Crippen LogP contribution is -2.26. The molecule has 2 aromatic carbocycles. The van der Waals surface area contributed by atoms with Crippen molar-refractivity contribution in [1.82, 2.24) is 15.5 Å². The van der Waals surface area contributed by atoms with E-state index in [9.17, 15) is 4.79 Å². The Morgan fingerprint density at radius 1 is 1.12 bits per heavy atom. The molecule has 0 aliphatic heterocycles. The Hall–Kier alpha value is -3.10. The lowest BCUT2D eigenvalue weighted by molar-refractivity contribution is -0.121. The molecule has 1 unspecified atom stereocenters. The normalized spacial score (nSPS) is 11.8. The van der Waals surface area contributed by atoms with Gasteiger partial charge in [0, 0.05) is 30.5 Å². The van der Waals surface area contributed by atoms with E-state index in [4.69, 9.17) is 30.3 Å². The van der Waals surface area contributed by atoms with Crippen LogP contribution in [0, 0.1) is 0 Å². The van der Waals surface area contributed by atoms with Gasteiger partial charge >= 0.3 is 0 Å². The molecule has 33 heavy (non-hydrogen) atoms. The molecular formula is C24H28ClN3O5. The van der Waals surface area contributed by atoms with Gasteiger partial charge < -0.3 is 24.1 Å². The fourth-order valence-corrected chi connectivity index (χ4v) is 3.30. The van der Waals surface area contributed by atoms with E-state index in [2.05, 4.69) is 15.5 Å². The molecule has 1 atom stereocenters. The molecule has 0 radical (unpaired) electrons. The first kappa shape index (κ1) is 24.5. The number of hydrogen-bond donors (Lipinski definition) is 1. The van der Waals surface area contributed by atoms with Crippen molar-refractivity contribution in [2.24, 2.45) is 0 Å². The van der Waals surface area contributed by atoms with Gasteiger partial charge in [-0.25, -0.2) is 0 Å². The van der Waals surface area contributed by atoms with E-state index in [1.54, 1.807) is 26.4 Å². The predicted molar refractivity (Wildman–Crippen MR) is 125 cm³/mol. The number of carbonyl (C=O) groups excluding carboxylic acids is 1. The number of ether oxygens (including phenoxy) is 3. The first-order chi connectivity index (χ1) is 16.0. The van der Waals surface area contributed by atoms with E-state index in [-0.39, 0.29) is 11.9 Å². The van der Waals surface area contributed by atoms with Crippen molar-refractivity contribution < 1.29 is 23.5 Å². The topological polar surface area (TPSA) is 95.7 Å². The molecule has 1 aromatic heterocycles. The minimum absolute atomic E-state index is 0.0562. The molecule has 8 nitrogen and oxygen atoms in total. The molecule has 1 N–H and O–H groups in total. The number of nitrogens with one attached hydrogen (secondary N) is 1. The molecule has 176 valence electrons. The van der Waals surface area contributed by atoms with Gasteiger partial charge in [0.05, 0.1) is 19.8 Å². The molecule has 9 heteroatoms. The van der Waals surface area contributed by atoms with Gasteiger partial charge in [-0.3, -0.25) is 4.79 Å². The first-order valence-corrected chi connectivity index (χ1v) is 11.1. The van der Waals surface area contributed by atoms with Crippen LogP contribution in [0.1, 0.15) is 37.3 Å². The smallest absolute Gasteiger partial charge is 0.226 e. The summed E-state index contributed by atoms with van der Waals surface area (Å²) in [7, 11) is 3.20. The van der Waals surface area contributed by atoms with E-state index < -0.39 is 0 Å². The van der Waals surface area contributed by atoms with Crippen LogP contribution in [0.4, 0.5) is 0 Å². The second kappa shape index (κ2) is 12.2. The molecule has 0 spiro atoms. The molecule has 3 aromatic rings. The van der Waals surface area contributed by atoms with Crippen molar-refractivity contribution in [1.29, 1.82) is 0 Å².